The number of anilines is 1. The topological polar surface area (TPSA) is 64.0 Å². The van der Waals surface area contributed by atoms with Gasteiger partial charge in [0.25, 0.3) is 5.91 Å². The molecule has 0 saturated heterocycles. The average Bonchev–Trinajstić information content (AvgIpc) is 3.06. The average molecular weight is 458 g/mol. The summed E-state index contributed by atoms with van der Waals surface area (Å²) < 4.78 is 1.83. The minimum Gasteiger partial charge on any atom is -0.319 e. The van der Waals surface area contributed by atoms with Gasteiger partial charge in [0.05, 0.1) is 29.2 Å². The lowest BCUT2D eigenvalue weighted by atomic mass is 9.97. The SMILES string of the molecule is Cc1ccc(C(=O)c2ccccc2C(=O)Nc2c(C)nn(Cc3cccc(Cl)c3)c2C)cc1. The molecule has 0 saturated carbocycles. The summed E-state index contributed by atoms with van der Waals surface area (Å²) in [5, 5.41) is 8.22. The molecule has 0 atom stereocenters. The number of rotatable bonds is 6. The normalized spacial score (nSPS) is 10.8. The summed E-state index contributed by atoms with van der Waals surface area (Å²) in [5.41, 5.74) is 5.47. The zero-order chi connectivity index (χ0) is 23.5. The fourth-order valence-corrected chi connectivity index (χ4v) is 3.97. The van der Waals surface area contributed by atoms with E-state index < -0.39 is 0 Å². The van der Waals surface area contributed by atoms with Gasteiger partial charge in [-0.25, -0.2) is 0 Å². The fraction of sp³-hybridized carbons (Fsp3) is 0.148. The highest BCUT2D eigenvalue weighted by Crippen LogP contribution is 2.23. The molecule has 1 amide bonds. The predicted octanol–water partition coefficient (Wildman–Crippen LogP) is 5.99. The third-order valence-electron chi connectivity index (χ3n) is 5.57. The van der Waals surface area contributed by atoms with E-state index in [0.29, 0.717) is 39.6 Å². The number of hydrogen-bond donors (Lipinski definition) is 1. The summed E-state index contributed by atoms with van der Waals surface area (Å²) in [6.45, 7) is 6.25. The number of amides is 1. The first-order valence-corrected chi connectivity index (χ1v) is 11.0. The highest BCUT2D eigenvalue weighted by Gasteiger charge is 2.21. The second-order valence-corrected chi connectivity index (χ2v) is 8.46. The molecule has 1 aromatic heterocycles. The molecule has 0 unspecified atom stereocenters. The standard InChI is InChI=1S/C27H24ClN3O2/c1-17-11-13-21(14-12-17)26(32)23-9-4-5-10-24(23)27(33)29-25-18(2)30-31(19(25)3)16-20-7-6-8-22(28)15-20/h4-15H,16H2,1-3H3,(H,29,33). The molecule has 6 heteroatoms. The van der Waals surface area contributed by atoms with Crippen LogP contribution in [-0.2, 0) is 6.54 Å². The van der Waals surface area contributed by atoms with E-state index in [0.717, 1.165) is 16.8 Å². The van der Waals surface area contributed by atoms with Gasteiger partial charge in [-0.3, -0.25) is 14.3 Å². The first-order chi connectivity index (χ1) is 15.8. The summed E-state index contributed by atoms with van der Waals surface area (Å²) in [6, 6.07) is 21.8. The summed E-state index contributed by atoms with van der Waals surface area (Å²) in [6.07, 6.45) is 0. The Balaban J connectivity index is 1.60. The fourth-order valence-electron chi connectivity index (χ4n) is 3.76. The number of carbonyl (C=O) groups is 2. The molecule has 0 fully saturated rings. The van der Waals surface area contributed by atoms with E-state index >= 15 is 0 Å². The summed E-state index contributed by atoms with van der Waals surface area (Å²) in [4.78, 5) is 26.3. The second kappa shape index (κ2) is 9.43. The van der Waals surface area contributed by atoms with Gasteiger partial charge in [-0.15, -0.1) is 0 Å². The first-order valence-electron chi connectivity index (χ1n) is 10.6. The molecule has 0 aliphatic heterocycles. The molecule has 166 valence electrons. The lowest BCUT2D eigenvalue weighted by molar-refractivity contribution is 0.0996. The minimum absolute atomic E-state index is 0.189. The van der Waals surface area contributed by atoms with Crippen molar-refractivity contribution < 1.29 is 9.59 Å². The Bertz CT molecular complexity index is 1340. The van der Waals surface area contributed by atoms with Crippen molar-refractivity contribution in [2.45, 2.75) is 27.3 Å². The molecule has 0 aliphatic rings. The van der Waals surface area contributed by atoms with E-state index in [4.69, 9.17) is 11.6 Å². The van der Waals surface area contributed by atoms with Gasteiger partial charge in [0.15, 0.2) is 5.78 Å². The monoisotopic (exact) mass is 457 g/mol. The van der Waals surface area contributed by atoms with Crippen molar-refractivity contribution in [3.63, 3.8) is 0 Å². The van der Waals surface area contributed by atoms with Crippen molar-refractivity contribution >= 4 is 29.0 Å². The minimum atomic E-state index is -0.348. The second-order valence-electron chi connectivity index (χ2n) is 8.03. The lowest BCUT2D eigenvalue weighted by Gasteiger charge is -2.11. The van der Waals surface area contributed by atoms with Crippen LogP contribution in [0.4, 0.5) is 5.69 Å². The smallest absolute Gasteiger partial charge is 0.256 e. The van der Waals surface area contributed by atoms with Gasteiger partial charge in [0.2, 0.25) is 0 Å². The Labute approximate surface area is 198 Å². The summed E-state index contributed by atoms with van der Waals surface area (Å²) in [5.74, 6) is -0.537. The van der Waals surface area contributed by atoms with Crippen LogP contribution in [0.2, 0.25) is 5.02 Å². The van der Waals surface area contributed by atoms with E-state index in [1.54, 1.807) is 36.4 Å². The zero-order valence-corrected chi connectivity index (χ0v) is 19.5. The molecule has 1 heterocycles. The molecular weight excluding hydrogens is 434 g/mol. The molecule has 0 bridgehead atoms. The van der Waals surface area contributed by atoms with E-state index in [1.807, 2.05) is 61.9 Å². The highest BCUT2D eigenvalue weighted by molar-refractivity contribution is 6.30. The molecule has 33 heavy (non-hydrogen) atoms. The number of hydrogen-bond acceptors (Lipinski definition) is 3. The van der Waals surface area contributed by atoms with Crippen LogP contribution in [0.5, 0.6) is 0 Å². The van der Waals surface area contributed by atoms with Crippen molar-refractivity contribution in [3.05, 3.63) is 117 Å². The zero-order valence-electron chi connectivity index (χ0n) is 18.7. The Morgan fingerprint density at radius 3 is 2.30 bits per heavy atom. The largest absolute Gasteiger partial charge is 0.319 e. The molecule has 0 spiro atoms. The molecule has 4 rings (SSSR count). The summed E-state index contributed by atoms with van der Waals surface area (Å²) in [7, 11) is 0. The maximum absolute atomic E-state index is 13.2. The van der Waals surface area contributed by atoms with Crippen molar-refractivity contribution in [3.8, 4) is 0 Å². The van der Waals surface area contributed by atoms with Gasteiger partial charge >= 0.3 is 0 Å². The van der Waals surface area contributed by atoms with Gasteiger partial charge < -0.3 is 5.32 Å². The third kappa shape index (κ3) is 4.89. The molecule has 1 N–H and O–H groups in total. The third-order valence-corrected chi connectivity index (χ3v) is 5.81. The van der Waals surface area contributed by atoms with E-state index in [2.05, 4.69) is 10.4 Å². The van der Waals surface area contributed by atoms with E-state index in [-0.39, 0.29) is 11.7 Å². The van der Waals surface area contributed by atoms with Crippen LogP contribution in [0.25, 0.3) is 0 Å². The Morgan fingerprint density at radius 2 is 1.61 bits per heavy atom. The Hall–Kier alpha value is -3.70. The lowest BCUT2D eigenvalue weighted by Crippen LogP contribution is -2.18. The van der Waals surface area contributed by atoms with E-state index in [9.17, 15) is 9.59 Å². The van der Waals surface area contributed by atoms with Crippen LogP contribution in [0.15, 0.2) is 72.8 Å². The Kier molecular flexibility index (Phi) is 6.43. The van der Waals surface area contributed by atoms with Crippen LogP contribution < -0.4 is 5.32 Å². The van der Waals surface area contributed by atoms with Crippen molar-refractivity contribution in [1.29, 1.82) is 0 Å². The van der Waals surface area contributed by atoms with E-state index in [1.165, 1.54) is 0 Å². The number of ketones is 1. The van der Waals surface area contributed by atoms with Crippen LogP contribution in [0.3, 0.4) is 0 Å². The molecule has 4 aromatic rings. The van der Waals surface area contributed by atoms with Gasteiger partial charge in [0.1, 0.15) is 0 Å². The molecule has 0 radical (unpaired) electrons. The number of benzene rings is 3. The molecule has 3 aromatic carbocycles. The van der Waals surface area contributed by atoms with Crippen LogP contribution in [0, 0.1) is 20.8 Å². The van der Waals surface area contributed by atoms with Gasteiger partial charge in [-0.1, -0.05) is 71.8 Å². The molecular formula is C27H24ClN3O2. The summed E-state index contributed by atoms with van der Waals surface area (Å²) >= 11 is 6.10. The predicted molar refractivity (Wildman–Crippen MR) is 131 cm³/mol. The number of nitrogens with zero attached hydrogens (tertiary/aromatic N) is 2. The van der Waals surface area contributed by atoms with Crippen LogP contribution >= 0.6 is 11.6 Å². The van der Waals surface area contributed by atoms with Crippen molar-refractivity contribution in [1.82, 2.24) is 9.78 Å². The number of aryl methyl sites for hydroxylation is 2. The van der Waals surface area contributed by atoms with Gasteiger partial charge in [-0.2, -0.15) is 5.10 Å². The highest BCUT2D eigenvalue weighted by atomic mass is 35.5. The number of nitrogens with one attached hydrogen (secondary N) is 1. The van der Waals surface area contributed by atoms with Crippen LogP contribution in [-0.4, -0.2) is 21.5 Å². The first kappa shape index (κ1) is 22.5. The quantitative estimate of drug-likeness (QED) is 0.361. The Morgan fingerprint density at radius 1 is 0.909 bits per heavy atom. The number of aromatic nitrogens is 2. The number of halogens is 1. The van der Waals surface area contributed by atoms with Gasteiger partial charge in [0, 0.05) is 16.1 Å². The van der Waals surface area contributed by atoms with Crippen LogP contribution in [0.1, 0.15) is 48.8 Å². The van der Waals surface area contributed by atoms with Gasteiger partial charge in [-0.05, 0) is 44.5 Å². The maximum atomic E-state index is 13.2. The van der Waals surface area contributed by atoms with Crippen molar-refractivity contribution in [2.24, 2.45) is 0 Å². The maximum Gasteiger partial charge on any atom is 0.256 e. The number of carbonyl (C=O) groups excluding carboxylic acids is 2. The molecule has 0 aliphatic carbocycles. The van der Waals surface area contributed by atoms with Crippen molar-refractivity contribution in [2.75, 3.05) is 5.32 Å². The molecule has 5 nitrogen and oxygen atoms in total.